The molecule has 2 aromatic carbocycles. The molecule has 0 bridgehead atoms. The van der Waals surface area contributed by atoms with Gasteiger partial charge in [-0.3, -0.25) is 4.79 Å². The van der Waals surface area contributed by atoms with E-state index in [2.05, 4.69) is 10.1 Å². The van der Waals surface area contributed by atoms with E-state index in [0.717, 1.165) is 50.0 Å². The van der Waals surface area contributed by atoms with Crippen molar-refractivity contribution in [2.45, 2.75) is 31.8 Å². The van der Waals surface area contributed by atoms with Gasteiger partial charge < -0.3 is 23.7 Å². The fourth-order valence-electron chi connectivity index (χ4n) is 4.49. The van der Waals surface area contributed by atoms with Crippen molar-refractivity contribution < 1.29 is 23.2 Å². The summed E-state index contributed by atoms with van der Waals surface area (Å²) in [5, 5.41) is 14.8. The summed E-state index contributed by atoms with van der Waals surface area (Å²) in [4.78, 5) is 14.5. The Bertz CT molecular complexity index is 1320. The monoisotopic (exact) mass is 452 g/mol. The Hall–Kier alpha value is -3.23. The molecule has 4 aromatic rings. The fourth-order valence-corrected chi connectivity index (χ4v) is 4.49. The number of hydrogen-bond donors (Lipinski definition) is 1. The van der Waals surface area contributed by atoms with Crippen molar-refractivity contribution in [2.75, 3.05) is 26.2 Å². The summed E-state index contributed by atoms with van der Waals surface area (Å²) in [5.41, 5.74) is 1.67. The Morgan fingerprint density at radius 1 is 1.09 bits per heavy atom. The van der Waals surface area contributed by atoms with Gasteiger partial charge in [-0.2, -0.15) is 0 Å². The minimum Gasteiger partial charge on any atom is -0.493 e. The van der Waals surface area contributed by atoms with E-state index in [-0.39, 0.29) is 23.6 Å². The summed E-state index contributed by atoms with van der Waals surface area (Å²) < 4.78 is 30.1. The highest BCUT2D eigenvalue weighted by Gasteiger charge is 2.25. The van der Waals surface area contributed by atoms with E-state index < -0.39 is 0 Å². The van der Waals surface area contributed by atoms with E-state index in [4.69, 9.17) is 13.7 Å². The Morgan fingerprint density at radius 2 is 1.91 bits per heavy atom. The fraction of sp³-hybridized carbons (Fsp3) is 0.360. The molecule has 1 aliphatic heterocycles. The van der Waals surface area contributed by atoms with Crippen LogP contribution in [0.3, 0.4) is 0 Å². The second-order valence-corrected chi connectivity index (χ2v) is 8.42. The number of likely N-dealkylation sites (tertiary alicyclic amines) is 1. The number of halogens is 1. The first-order valence-corrected chi connectivity index (χ1v) is 11.2. The van der Waals surface area contributed by atoms with Crippen LogP contribution in [0.4, 0.5) is 4.39 Å². The molecule has 1 aliphatic rings. The molecule has 1 saturated heterocycles. The molecule has 7 nitrogen and oxygen atoms in total. The molecule has 0 atom stereocenters. The lowest BCUT2D eigenvalue weighted by atomic mass is 9.91. The number of aliphatic hydroxyl groups is 1. The number of ether oxygens (including phenoxy) is 1. The van der Waals surface area contributed by atoms with Crippen LogP contribution >= 0.6 is 0 Å². The Kier molecular flexibility index (Phi) is 6.11. The smallest absolute Gasteiger partial charge is 0.193 e. The first kappa shape index (κ1) is 21.6. The second-order valence-electron chi connectivity index (χ2n) is 8.42. The third kappa shape index (κ3) is 4.62. The maximum Gasteiger partial charge on any atom is 0.193 e. The van der Waals surface area contributed by atoms with Crippen LogP contribution in [0, 0.1) is 5.82 Å². The van der Waals surface area contributed by atoms with Gasteiger partial charge in [-0.05, 0) is 56.6 Å². The lowest BCUT2D eigenvalue weighted by Crippen LogP contribution is -2.34. The van der Waals surface area contributed by atoms with Crippen molar-refractivity contribution >= 4 is 21.9 Å². The number of aromatic nitrogens is 1. The van der Waals surface area contributed by atoms with Crippen molar-refractivity contribution in [1.82, 2.24) is 10.1 Å². The molecule has 1 fully saturated rings. The maximum atomic E-state index is 13.4. The highest BCUT2D eigenvalue weighted by Crippen LogP contribution is 2.32. The van der Waals surface area contributed by atoms with E-state index in [1.54, 1.807) is 24.3 Å². The van der Waals surface area contributed by atoms with Crippen LogP contribution in [0.5, 0.6) is 5.75 Å². The highest BCUT2D eigenvalue weighted by molar-refractivity contribution is 5.80. The number of fused-ring (bicyclic) bond motifs is 2. The average Bonchev–Trinajstić information content (AvgIpc) is 3.25. The number of piperidine rings is 1. The quantitative estimate of drug-likeness (QED) is 0.420. The number of aliphatic hydroxyl groups excluding tert-OH is 1. The molecule has 1 N–H and O–H groups in total. The topological polar surface area (TPSA) is 88.9 Å². The van der Waals surface area contributed by atoms with Crippen molar-refractivity contribution in [2.24, 2.45) is 0 Å². The number of nitrogens with zero attached hydrogens (tertiary/aromatic N) is 2. The molecule has 0 radical (unpaired) electrons. The predicted octanol–water partition coefficient (Wildman–Crippen LogP) is 4.21. The number of hydrogen-bond acceptors (Lipinski definition) is 7. The zero-order valence-corrected chi connectivity index (χ0v) is 18.1. The normalized spacial score (nSPS) is 15.5. The van der Waals surface area contributed by atoms with Crippen LogP contribution in [0.1, 0.15) is 36.6 Å². The zero-order chi connectivity index (χ0) is 22.8. The molecule has 2 aromatic heterocycles. The average molecular weight is 452 g/mol. The van der Waals surface area contributed by atoms with Gasteiger partial charge in [-0.25, -0.2) is 4.39 Å². The zero-order valence-electron chi connectivity index (χ0n) is 18.1. The van der Waals surface area contributed by atoms with Crippen molar-refractivity contribution in [3.05, 3.63) is 70.0 Å². The minimum absolute atomic E-state index is 0.180. The summed E-state index contributed by atoms with van der Waals surface area (Å²) in [6.07, 6.45) is 2.84. The molecule has 0 aliphatic carbocycles. The minimum atomic E-state index is -0.321. The van der Waals surface area contributed by atoms with E-state index in [1.165, 1.54) is 18.2 Å². The molecule has 3 heterocycles. The highest BCUT2D eigenvalue weighted by atomic mass is 19.1. The Labute approximate surface area is 189 Å². The third-order valence-corrected chi connectivity index (χ3v) is 6.23. The van der Waals surface area contributed by atoms with E-state index >= 15 is 0 Å². The lowest BCUT2D eigenvalue weighted by Gasteiger charge is -2.31. The summed E-state index contributed by atoms with van der Waals surface area (Å²) in [7, 11) is 0. The van der Waals surface area contributed by atoms with E-state index in [1.807, 2.05) is 0 Å². The van der Waals surface area contributed by atoms with Crippen LogP contribution in [0.2, 0.25) is 0 Å². The number of rotatable bonds is 7. The van der Waals surface area contributed by atoms with Gasteiger partial charge in [0.1, 0.15) is 29.5 Å². The SMILES string of the molecule is O=c1cc(CO)oc2cc(OCCCN3CCC(c4noc5cc(F)ccc45)CC3)ccc12. The van der Waals surface area contributed by atoms with Crippen LogP contribution in [-0.4, -0.2) is 41.4 Å². The molecule has 8 heteroatoms. The lowest BCUT2D eigenvalue weighted by molar-refractivity contribution is 0.191. The molecular weight excluding hydrogens is 427 g/mol. The Balaban J connectivity index is 1.11. The second kappa shape index (κ2) is 9.33. The van der Waals surface area contributed by atoms with Crippen molar-refractivity contribution in [3.63, 3.8) is 0 Å². The van der Waals surface area contributed by atoms with E-state index in [9.17, 15) is 14.3 Å². The van der Waals surface area contributed by atoms with Crippen LogP contribution < -0.4 is 10.2 Å². The van der Waals surface area contributed by atoms with Gasteiger partial charge in [-0.15, -0.1) is 0 Å². The summed E-state index contributed by atoms with van der Waals surface area (Å²) in [6, 6.07) is 11.0. The van der Waals surface area contributed by atoms with Crippen molar-refractivity contribution in [1.29, 1.82) is 0 Å². The van der Waals surface area contributed by atoms with Gasteiger partial charge in [0, 0.05) is 36.0 Å². The standard InChI is InChI=1S/C25H25FN2O5/c26-17-2-4-21-24(12-17)33-27-25(21)16-6-9-28(10-7-16)8-1-11-31-18-3-5-20-22(30)13-19(15-29)32-23(20)14-18/h2-5,12-14,16,29H,1,6-11,15H2. The molecule has 0 unspecified atom stereocenters. The van der Waals surface area contributed by atoms with Gasteiger partial charge >= 0.3 is 0 Å². The summed E-state index contributed by atoms with van der Waals surface area (Å²) in [6.45, 7) is 3.08. The largest absolute Gasteiger partial charge is 0.493 e. The third-order valence-electron chi connectivity index (χ3n) is 6.23. The van der Waals surface area contributed by atoms with Crippen LogP contribution in [0.15, 0.2) is 56.2 Å². The first-order chi connectivity index (χ1) is 16.1. The number of benzene rings is 2. The first-order valence-electron chi connectivity index (χ1n) is 11.2. The van der Waals surface area contributed by atoms with Crippen molar-refractivity contribution in [3.8, 4) is 5.75 Å². The van der Waals surface area contributed by atoms with Gasteiger partial charge in [0.2, 0.25) is 0 Å². The Morgan fingerprint density at radius 3 is 2.73 bits per heavy atom. The molecule has 0 amide bonds. The molecule has 5 rings (SSSR count). The summed E-state index contributed by atoms with van der Waals surface area (Å²) in [5.74, 6) is 0.873. The van der Waals surface area contributed by atoms with Gasteiger partial charge in [0.15, 0.2) is 11.0 Å². The van der Waals surface area contributed by atoms with Crippen LogP contribution in [0.25, 0.3) is 21.9 Å². The molecule has 33 heavy (non-hydrogen) atoms. The van der Waals surface area contributed by atoms with Gasteiger partial charge in [0.25, 0.3) is 0 Å². The maximum absolute atomic E-state index is 13.4. The molecule has 0 saturated carbocycles. The van der Waals surface area contributed by atoms with E-state index in [0.29, 0.717) is 34.8 Å². The summed E-state index contributed by atoms with van der Waals surface area (Å²) >= 11 is 0. The van der Waals surface area contributed by atoms with Crippen LogP contribution in [-0.2, 0) is 6.61 Å². The molecule has 172 valence electrons. The molecule has 0 spiro atoms. The van der Waals surface area contributed by atoms with Gasteiger partial charge in [0.05, 0.1) is 17.7 Å². The predicted molar refractivity (Wildman–Crippen MR) is 121 cm³/mol. The molecular formula is C25H25FN2O5. The van der Waals surface area contributed by atoms with Gasteiger partial charge in [-0.1, -0.05) is 5.16 Å².